The van der Waals surface area contributed by atoms with Gasteiger partial charge >= 0.3 is 0 Å². The van der Waals surface area contributed by atoms with Crippen molar-refractivity contribution in [2.75, 3.05) is 6.54 Å². The molecule has 0 aromatic heterocycles. The van der Waals surface area contributed by atoms with Gasteiger partial charge in [0.1, 0.15) is 5.75 Å². The van der Waals surface area contributed by atoms with Crippen LogP contribution in [-0.4, -0.2) is 11.7 Å². The second kappa shape index (κ2) is 7.01. The van der Waals surface area contributed by atoms with Crippen LogP contribution < -0.4 is 5.32 Å². The smallest absolute Gasteiger partial charge is 0.121 e. The lowest BCUT2D eigenvalue weighted by atomic mass is 9.85. The topological polar surface area (TPSA) is 32.3 Å². The third-order valence-corrected chi connectivity index (χ3v) is 3.84. The Labute approximate surface area is 115 Å². The van der Waals surface area contributed by atoms with Crippen molar-refractivity contribution >= 4 is 11.6 Å². The first kappa shape index (κ1) is 15.3. The maximum Gasteiger partial charge on any atom is 0.121 e. The number of phenolic OH excluding ortho intramolecular Hbond substituents is 1. The molecule has 0 spiro atoms. The van der Waals surface area contributed by atoms with Gasteiger partial charge in [0.2, 0.25) is 0 Å². The van der Waals surface area contributed by atoms with E-state index in [1.54, 1.807) is 18.2 Å². The van der Waals surface area contributed by atoms with Crippen molar-refractivity contribution in [3.63, 3.8) is 0 Å². The van der Waals surface area contributed by atoms with Gasteiger partial charge in [-0.3, -0.25) is 0 Å². The van der Waals surface area contributed by atoms with Crippen LogP contribution in [0.5, 0.6) is 5.75 Å². The number of halogens is 1. The van der Waals surface area contributed by atoms with Crippen molar-refractivity contribution in [3.05, 3.63) is 28.8 Å². The molecule has 0 bridgehead atoms. The van der Waals surface area contributed by atoms with E-state index in [2.05, 4.69) is 33.0 Å². The van der Waals surface area contributed by atoms with Crippen LogP contribution >= 0.6 is 11.6 Å². The molecule has 0 fully saturated rings. The summed E-state index contributed by atoms with van der Waals surface area (Å²) in [5.41, 5.74) is 0.783. The first-order valence-electron chi connectivity index (χ1n) is 6.60. The molecule has 3 heteroatoms. The number of nitrogens with one attached hydrogen (secondary N) is 1. The van der Waals surface area contributed by atoms with E-state index >= 15 is 0 Å². The largest absolute Gasteiger partial charge is 0.508 e. The van der Waals surface area contributed by atoms with Crippen molar-refractivity contribution in [2.45, 2.75) is 34.2 Å². The van der Waals surface area contributed by atoms with E-state index < -0.39 is 0 Å². The third-order valence-electron chi connectivity index (χ3n) is 3.49. The van der Waals surface area contributed by atoms with Crippen molar-refractivity contribution in [1.29, 1.82) is 0 Å². The zero-order valence-corrected chi connectivity index (χ0v) is 12.5. The Bertz CT molecular complexity index is 349. The van der Waals surface area contributed by atoms with Crippen LogP contribution in [0.25, 0.3) is 0 Å². The molecule has 0 aliphatic heterocycles. The molecule has 18 heavy (non-hydrogen) atoms. The maximum absolute atomic E-state index is 9.75. The van der Waals surface area contributed by atoms with Gasteiger partial charge < -0.3 is 10.4 Å². The van der Waals surface area contributed by atoms with Gasteiger partial charge in [0.15, 0.2) is 0 Å². The molecule has 1 aromatic rings. The fourth-order valence-electron chi connectivity index (χ4n) is 2.33. The summed E-state index contributed by atoms with van der Waals surface area (Å²) in [6, 6.07) is 5.23. The Balaban J connectivity index is 2.55. The summed E-state index contributed by atoms with van der Waals surface area (Å²) in [5, 5.41) is 13.8. The van der Waals surface area contributed by atoms with Crippen LogP contribution in [0, 0.1) is 17.8 Å². The third kappa shape index (κ3) is 4.18. The van der Waals surface area contributed by atoms with Crippen LogP contribution in [0.4, 0.5) is 0 Å². The molecule has 0 unspecified atom stereocenters. The fraction of sp³-hybridized carbons (Fsp3) is 0.600. The van der Waals surface area contributed by atoms with Gasteiger partial charge in [-0.2, -0.15) is 0 Å². The highest BCUT2D eigenvalue weighted by Crippen LogP contribution is 2.25. The number of hydrogen-bond acceptors (Lipinski definition) is 2. The second-order valence-electron chi connectivity index (χ2n) is 5.52. The Morgan fingerprint density at radius 3 is 2.28 bits per heavy atom. The van der Waals surface area contributed by atoms with Gasteiger partial charge in [0.25, 0.3) is 0 Å². The van der Waals surface area contributed by atoms with Crippen LogP contribution in [0.2, 0.25) is 5.02 Å². The van der Waals surface area contributed by atoms with Crippen LogP contribution in [0.15, 0.2) is 18.2 Å². The summed E-state index contributed by atoms with van der Waals surface area (Å²) >= 11 is 6.07. The SMILES string of the molecule is CC(C)C(CNCc1c(O)cccc1Cl)C(C)C. The van der Waals surface area contributed by atoms with Crippen LogP contribution in [0.1, 0.15) is 33.3 Å². The van der Waals surface area contributed by atoms with Crippen molar-refractivity contribution in [2.24, 2.45) is 17.8 Å². The standard InChI is InChI=1S/C15H24ClNO/c1-10(2)12(11(3)4)8-17-9-13-14(16)6-5-7-15(13)18/h5-7,10-12,17-18H,8-9H2,1-4H3. The zero-order valence-electron chi connectivity index (χ0n) is 11.7. The molecule has 1 aromatic carbocycles. The average molecular weight is 270 g/mol. The van der Waals surface area contributed by atoms with Crippen molar-refractivity contribution in [3.8, 4) is 5.75 Å². The van der Waals surface area contributed by atoms with E-state index in [0.717, 1.165) is 12.1 Å². The molecular formula is C15H24ClNO. The van der Waals surface area contributed by atoms with Gasteiger partial charge in [-0.25, -0.2) is 0 Å². The zero-order chi connectivity index (χ0) is 13.7. The summed E-state index contributed by atoms with van der Waals surface area (Å²) in [6.45, 7) is 10.6. The summed E-state index contributed by atoms with van der Waals surface area (Å²) in [4.78, 5) is 0. The maximum atomic E-state index is 9.75. The number of rotatable bonds is 6. The van der Waals surface area contributed by atoms with Crippen molar-refractivity contribution in [1.82, 2.24) is 5.32 Å². The van der Waals surface area contributed by atoms with Gasteiger partial charge in [-0.1, -0.05) is 45.4 Å². The summed E-state index contributed by atoms with van der Waals surface area (Å²) < 4.78 is 0. The molecule has 1 rings (SSSR count). The quantitative estimate of drug-likeness (QED) is 0.816. The van der Waals surface area contributed by atoms with Gasteiger partial charge in [0.05, 0.1) is 0 Å². The monoisotopic (exact) mass is 269 g/mol. The minimum atomic E-state index is 0.264. The van der Waals surface area contributed by atoms with E-state index in [1.807, 2.05) is 0 Å². The molecule has 102 valence electrons. The molecule has 0 saturated heterocycles. The van der Waals surface area contributed by atoms with E-state index in [-0.39, 0.29) is 5.75 Å². The Morgan fingerprint density at radius 2 is 1.78 bits per heavy atom. The number of phenols is 1. The number of benzene rings is 1. The van der Waals surface area contributed by atoms with Crippen molar-refractivity contribution < 1.29 is 5.11 Å². The molecular weight excluding hydrogens is 246 g/mol. The van der Waals surface area contributed by atoms with E-state index in [0.29, 0.717) is 29.3 Å². The van der Waals surface area contributed by atoms with E-state index in [4.69, 9.17) is 11.6 Å². The highest BCUT2D eigenvalue weighted by molar-refractivity contribution is 6.31. The Hall–Kier alpha value is -0.730. The first-order chi connectivity index (χ1) is 8.43. The number of hydrogen-bond donors (Lipinski definition) is 2. The molecule has 2 nitrogen and oxygen atoms in total. The lowest BCUT2D eigenvalue weighted by Crippen LogP contribution is -2.29. The normalized spacial score (nSPS) is 11.8. The Morgan fingerprint density at radius 1 is 1.17 bits per heavy atom. The average Bonchev–Trinajstić information content (AvgIpc) is 2.26. The molecule has 0 amide bonds. The fourth-order valence-corrected chi connectivity index (χ4v) is 2.56. The van der Waals surface area contributed by atoms with Crippen LogP contribution in [-0.2, 0) is 6.54 Å². The van der Waals surface area contributed by atoms with Gasteiger partial charge in [-0.15, -0.1) is 0 Å². The molecule has 0 aliphatic rings. The predicted molar refractivity (Wildman–Crippen MR) is 78.0 cm³/mol. The lowest BCUT2D eigenvalue weighted by Gasteiger charge is -2.25. The van der Waals surface area contributed by atoms with Gasteiger partial charge in [0, 0.05) is 17.1 Å². The summed E-state index contributed by atoms with van der Waals surface area (Å²) in [5.74, 6) is 2.20. The second-order valence-corrected chi connectivity index (χ2v) is 5.93. The van der Waals surface area contributed by atoms with Gasteiger partial charge in [-0.05, 0) is 36.4 Å². The molecule has 0 aliphatic carbocycles. The molecule has 0 saturated carbocycles. The highest BCUT2D eigenvalue weighted by atomic mass is 35.5. The molecule has 0 atom stereocenters. The summed E-state index contributed by atoms with van der Waals surface area (Å²) in [6.07, 6.45) is 0. The van der Waals surface area contributed by atoms with E-state index in [9.17, 15) is 5.11 Å². The molecule has 0 heterocycles. The summed E-state index contributed by atoms with van der Waals surface area (Å²) in [7, 11) is 0. The minimum absolute atomic E-state index is 0.264. The highest BCUT2D eigenvalue weighted by Gasteiger charge is 2.17. The first-order valence-corrected chi connectivity index (χ1v) is 6.98. The minimum Gasteiger partial charge on any atom is -0.508 e. The molecule has 2 N–H and O–H groups in total. The Kier molecular flexibility index (Phi) is 5.97. The predicted octanol–water partition coefficient (Wildman–Crippen LogP) is 4.06. The number of aromatic hydroxyl groups is 1. The van der Waals surface area contributed by atoms with E-state index in [1.165, 1.54) is 0 Å². The lowest BCUT2D eigenvalue weighted by molar-refractivity contribution is 0.275. The van der Waals surface area contributed by atoms with Crippen LogP contribution in [0.3, 0.4) is 0 Å². The molecule has 0 radical (unpaired) electrons.